The van der Waals surface area contributed by atoms with Crippen LogP contribution in [0.5, 0.6) is 0 Å². The van der Waals surface area contributed by atoms with Gasteiger partial charge >= 0.3 is 0 Å². The first kappa shape index (κ1) is 23.7. The molecule has 3 aromatic heterocycles. The first-order valence-electron chi connectivity index (χ1n) is 12.4. The van der Waals surface area contributed by atoms with Crippen molar-refractivity contribution in [3.05, 3.63) is 69.6 Å². The van der Waals surface area contributed by atoms with E-state index in [0.717, 1.165) is 61.7 Å². The summed E-state index contributed by atoms with van der Waals surface area (Å²) in [4.78, 5) is 30.5. The number of carbonyl (C=O) groups excluding carboxylic acids is 1. The highest BCUT2D eigenvalue weighted by atomic mass is 32.1. The van der Waals surface area contributed by atoms with Crippen molar-refractivity contribution in [3.8, 4) is 0 Å². The Balaban J connectivity index is 1.08. The van der Waals surface area contributed by atoms with Gasteiger partial charge in [-0.2, -0.15) is 5.10 Å². The van der Waals surface area contributed by atoms with Gasteiger partial charge in [0, 0.05) is 45.7 Å². The van der Waals surface area contributed by atoms with Gasteiger partial charge in [-0.05, 0) is 36.0 Å². The molecular formula is C26H32N6O2S. The van der Waals surface area contributed by atoms with E-state index in [4.69, 9.17) is 0 Å². The van der Waals surface area contributed by atoms with Gasteiger partial charge in [-0.25, -0.2) is 4.68 Å². The fraction of sp³-hybridized carbons (Fsp3) is 0.423. The standard InChI is InChI=1S/C26H32N6O2S/c1-2-24-28-31(26(34)22-17-23-21(32(22)24)9-16-35-23)19-25(33)27-10-6-11-29-12-14-30(15-13-29)18-20-7-4-3-5-8-20/h3-5,7-9,16-17H,2,6,10-15,18-19H2,1H3,(H,27,33). The van der Waals surface area contributed by atoms with E-state index in [2.05, 4.69) is 50.5 Å². The van der Waals surface area contributed by atoms with Gasteiger partial charge in [-0.1, -0.05) is 37.3 Å². The predicted octanol–water partition coefficient (Wildman–Crippen LogP) is 2.60. The monoisotopic (exact) mass is 492 g/mol. The Morgan fingerprint density at radius 3 is 2.60 bits per heavy atom. The van der Waals surface area contributed by atoms with Gasteiger partial charge in [0.05, 0.1) is 10.2 Å². The summed E-state index contributed by atoms with van der Waals surface area (Å²) in [6.07, 6.45) is 1.57. The van der Waals surface area contributed by atoms with Crippen molar-refractivity contribution in [1.82, 2.24) is 29.3 Å². The number of rotatable bonds is 9. The molecule has 4 heterocycles. The molecule has 0 unspecified atom stereocenters. The van der Waals surface area contributed by atoms with Gasteiger partial charge in [0.1, 0.15) is 17.9 Å². The third kappa shape index (κ3) is 5.32. The van der Waals surface area contributed by atoms with Crippen molar-refractivity contribution in [3.63, 3.8) is 0 Å². The molecule has 9 heteroatoms. The zero-order chi connectivity index (χ0) is 24.2. The number of hydrogen-bond donors (Lipinski definition) is 1. The number of hydrogen-bond acceptors (Lipinski definition) is 6. The number of aryl methyl sites for hydroxylation is 1. The van der Waals surface area contributed by atoms with E-state index in [1.54, 1.807) is 11.3 Å². The molecule has 0 bridgehead atoms. The molecule has 0 aliphatic carbocycles. The molecule has 35 heavy (non-hydrogen) atoms. The summed E-state index contributed by atoms with van der Waals surface area (Å²) in [6.45, 7) is 8.75. The van der Waals surface area contributed by atoms with Crippen molar-refractivity contribution < 1.29 is 4.79 Å². The number of aromatic nitrogens is 3. The summed E-state index contributed by atoms with van der Waals surface area (Å²) >= 11 is 1.60. The molecule has 5 rings (SSSR count). The summed E-state index contributed by atoms with van der Waals surface area (Å²) in [6, 6.07) is 14.5. The maximum atomic E-state index is 13.0. The Morgan fingerprint density at radius 1 is 1.06 bits per heavy atom. The van der Waals surface area contributed by atoms with E-state index in [-0.39, 0.29) is 18.0 Å². The molecule has 4 aromatic rings. The highest BCUT2D eigenvalue weighted by Gasteiger charge is 2.18. The second-order valence-corrected chi connectivity index (χ2v) is 10.0. The molecule has 8 nitrogen and oxygen atoms in total. The van der Waals surface area contributed by atoms with E-state index in [1.807, 2.05) is 28.8 Å². The Hall–Kier alpha value is -3.01. The zero-order valence-electron chi connectivity index (χ0n) is 20.2. The lowest BCUT2D eigenvalue weighted by molar-refractivity contribution is -0.121. The van der Waals surface area contributed by atoms with Crippen LogP contribution in [0.15, 0.2) is 52.6 Å². The van der Waals surface area contributed by atoms with Gasteiger partial charge in [0.25, 0.3) is 5.56 Å². The van der Waals surface area contributed by atoms with Gasteiger partial charge in [-0.3, -0.25) is 18.9 Å². The summed E-state index contributed by atoms with van der Waals surface area (Å²) in [5.74, 6) is 0.610. The summed E-state index contributed by atoms with van der Waals surface area (Å²) < 4.78 is 4.28. The lowest BCUT2D eigenvalue weighted by Crippen LogP contribution is -2.46. The fourth-order valence-corrected chi connectivity index (χ4v) is 5.60. The number of thiophene rings is 1. The number of benzene rings is 1. The Kier molecular flexibility index (Phi) is 7.26. The molecule has 0 radical (unpaired) electrons. The lowest BCUT2D eigenvalue weighted by Gasteiger charge is -2.34. The number of piperazine rings is 1. The van der Waals surface area contributed by atoms with E-state index in [1.165, 1.54) is 10.2 Å². The minimum Gasteiger partial charge on any atom is -0.354 e. The predicted molar refractivity (Wildman–Crippen MR) is 140 cm³/mol. The fourth-order valence-electron chi connectivity index (χ4n) is 4.79. The molecule has 1 aliphatic heterocycles. The maximum absolute atomic E-state index is 13.0. The van der Waals surface area contributed by atoms with Crippen LogP contribution in [0.1, 0.15) is 24.7 Å². The molecule has 0 atom stereocenters. The largest absolute Gasteiger partial charge is 0.354 e. The molecule has 184 valence electrons. The number of nitrogens with one attached hydrogen (secondary N) is 1. The summed E-state index contributed by atoms with van der Waals surface area (Å²) in [5.41, 5.74) is 2.72. The average Bonchev–Trinajstić information content (AvgIpc) is 3.47. The van der Waals surface area contributed by atoms with Crippen LogP contribution in [0.25, 0.3) is 15.7 Å². The number of amides is 1. The highest BCUT2D eigenvalue weighted by molar-refractivity contribution is 7.17. The van der Waals surface area contributed by atoms with Crippen LogP contribution < -0.4 is 10.9 Å². The van der Waals surface area contributed by atoms with Crippen LogP contribution in [0.2, 0.25) is 0 Å². The van der Waals surface area contributed by atoms with E-state index in [0.29, 0.717) is 18.5 Å². The normalized spacial score (nSPS) is 15.2. The minimum atomic E-state index is -0.228. The Labute approximate surface area is 208 Å². The maximum Gasteiger partial charge on any atom is 0.291 e. The SMILES string of the molecule is CCc1nn(CC(=O)NCCCN2CCN(Cc3ccccc3)CC2)c(=O)c2cc3sccc3n12. The number of nitrogens with zero attached hydrogens (tertiary/aromatic N) is 5. The number of carbonyl (C=O) groups is 1. The first-order valence-corrected chi connectivity index (χ1v) is 13.2. The van der Waals surface area contributed by atoms with Gasteiger partial charge < -0.3 is 10.2 Å². The second kappa shape index (κ2) is 10.7. The Bertz CT molecular complexity index is 1350. The molecule has 1 N–H and O–H groups in total. The van der Waals surface area contributed by atoms with Crippen LogP contribution in [0.4, 0.5) is 0 Å². The van der Waals surface area contributed by atoms with Gasteiger partial charge in [0.2, 0.25) is 5.91 Å². The average molecular weight is 493 g/mol. The molecule has 0 spiro atoms. The quantitative estimate of drug-likeness (QED) is 0.364. The smallest absolute Gasteiger partial charge is 0.291 e. The summed E-state index contributed by atoms with van der Waals surface area (Å²) in [7, 11) is 0. The minimum absolute atomic E-state index is 0.0562. The third-order valence-corrected chi connectivity index (χ3v) is 7.52. The van der Waals surface area contributed by atoms with Crippen LogP contribution in [-0.2, 0) is 24.3 Å². The molecule has 1 aromatic carbocycles. The summed E-state index contributed by atoms with van der Waals surface area (Å²) in [5, 5.41) is 9.48. The molecular weight excluding hydrogens is 460 g/mol. The molecule has 1 aliphatic rings. The molecule has 0 saturated carbocycles. The van der Waals surface area contributed by atoms with Crippen LogP contribution in [0.3, 0.4) is 0 Å². The second-order valence-electron chi connectivity index (χ2n) is 9.07. The van der Waals surface area contributed by atoms with Crippen LogP contribution in [0, 0.1) is 0 Å². The van der Waals surface area contributed by atoms with E-state index < -0.39 is 0 Å². The van der Waals surface area contributed by atoms with Gasteiger partial charge in [-0.15, -0.1) is 11.3 Å². The van der Waals surface area contributed by atoms with E-state index in [9.17, 15) is 9.59 Å². The third-order valence-electron chi connectivity index (χ3n) is 6.67. The highest BCUT2D eigenvalue weighted by Crippen LogP contribution is 2.24. The van der Waals surface area contributed by atoms with Crippen molar-refractivity contribution in [1.29, 1.82) is 0 Å². The first-order chi connectivity index (χ1) is 17.1. The zero-order valence-corrected chi connectivity index (χ0v) is 21.0. The van der Waals surface area contributed by atoms with Crippen molar-refractivity contribution in [2.75, 3.05) is 39.3 Å². The topological polar surface area (TPSA) is 74.9 Å². The lowest BCUT2D eigenvalue weighted by atomic mass is 10.2. The van der Waals surface area contributed by atoms with Crippen molar-refractivity contribution in [2.45, 2.75) is 32.9 Å². The van der Waals surface area contributed by atoms with Gasteiger partial charge in [0.15, 0.2) is 0 Å². The molecule has 1 fully saturated rings. The van der Waals surface area contributed by atoms with Crippen molar-refractivity contribution in [2.24, 2.45) is 0 Å². The molecule has 1 saturated heterocycles. The van der Waals surface area contributed by atoms with E-state index >= 15 is 0 Å². The molecule has 1 amide bonds. The van der Waals surface area contributed by atoms with Crippen LogP contribution >= 0.6 is 11.3 Å². The number of fused-ring (bicyclic) bond motifs is 3. The van der Waals surface area contributed by atoms with Crippen LogP contribution in [-0.4, -0.2) is 69.2 Å². The Morgan fingerprint density at radius 2 is 1.83 bits per heavy atom. The van der Waals surface area contributed by atoms with Crippen molar-refractivity contribution >= 4 is 33.0 Å².